The average Bonchev–Trinajstić information content (AvgIpc) is 2.22. The predicted octanol–water partition coefficient (Wildman–Crippen LogP) is 5.51. The fourth-order valence-corrected chi connectivity index (χ4v) is 1.97. The Balaban J connectivity index is 3.42. The number of benzene rings is 1. The van der Waals surface area contributed by atoms with E-state index in [1.165, 1.54) is 0 Å². The minimum atomic E-state index is -0.368. The Kier molecular flexibility index (Phi) is 5.38. The highest BCUT2D eigenvalue weighted by Gasteiger charge is 2.27. The largest absolute Gasteiger partial charge is 0.484 e. The van der Waals surface area contributed by atoms with Crippen LogP contribution in [0.4, 0.5) is 0 Å². The summed E-state index contributed by atoms with van der Waals surface area (Å²) in [6, 6.07) is 3.75. The maximum absolute atomic E-state index is 6.14. The van der Waals surface area contributed by atoms with Crippen molar-refractivity contribution in [2.75, 3.05) is 0 Å². The van der Waals surface area contributed by atoms with Crippen LogP contribution in [0.3, 0.4) is 0 Å². The Morgan fingerprint density at radius 2 is 1.05 bits per heavy atom. The zero-order chi connectivity index (χ0) is 17.3. The van der Waals surface area contributed by atoms with E-state index in [0.717, 1.165) is 4.90 Å². The van der Waals surface area contributed by atoms with Gasteiger partial charge in [-0.3, -0.25) is 0 Å². The van der Waals surface area contributed by atoms with Gasteiger partial charge in [-0.1, -0.05) is 0 Å². The van der Waals surface area contributed by atoms with Crippen LogP contribution in [0.25, 0.3) is 0 Å². The first-order chi connectivity index (χ1) is 9.68. The van der Waals surface area contributed by atoms with Crippen molar-refractivity contribution in [3.8, 4) is 17.2 Å². The van der Waals surface area contributed by atoms with Crippen LogP contribution in [-0.2, 0) is 0 Å². The SMILES string of the molecule is CC(C)(C)Oc1ccc(S)c(OC(C)(C)C)c1OC(C)(C)C. The number of ether oxygens (including phenoxy) is 3. The van der Waals surface area contributed by atoms with Gasteiger partial charge in [0, 0.05) is 0 Å². The average molecular weight is 327 g/mol. The summed E-state index contributed by atoms with van der Waals surface area (Å²) in [5.74, 6) is 1.89. The molecule has 0 unspecified atom stereocenters. The number of rotatable bonds is 3. The molecule has 0 heterocycles. The second kappa shape index (κ2) is 6.23. The molecule has 22 heavy (non-hydrogen) atoms. The van der Waals surface area contributed by atoms with Gasteiger partial charge in [-0.15, -0.1) is 12.6 Å². The van der Waals surface area contributed by atoms with Gasteiger partial charge in [0.15, 0.2) is 11.5 Å². The van der Waals surface area contributed by atoms with Crippen LogP contribution >= 0.6 is 12.6 Å². The molecule has 0 bridgehead atoms. The minimum Gasteiger partial charge on any atom is -0.484 e. The van der Waals surface area contributed by atoms with Crippen LogP contribution in [0.15, 0.2) is 17.0 Å². The molecule has 0 N–H and O–H groups in total. The summed E-state index contributed by atoms with van der Waals surface area (Å²) < 4.78 is 18.3. The molecule has 4 heteroatoms. The van der Waals surface area contributed by atoms with Crippen molar-refractivity contribution in [2.24, 2.45) is 0 Å². The van der Waals surface area contributed by atoms with Gasteiger partial charge in [0.05, 0.1) is 4.90 Å². The maximum atomic E-state index is 6.14. The van der Waals surface area contributed by atoms with Crippen molar-refractivity contribution in [1.29, 1.82) is 0 Å². The number of hydrogen-bond acceptors (Lipinski definition) is 4. The zero-order valence-corrected chi connectivity index (χ0v) is 16.2. The Labute approximate surface area is 140 Å². The fourth-order valence-electron chi connectivity index (χ4n) is 1.75. The van der Waals surface area contributed by atoms with Crippen LogP contribution in [0, 0.1) is 0 Å². The molecule has 126 valence electrons. The van der Waals surface area contributed by atoms with Crippen LogP contribution < -0.4 is 14.2 Å². The Morgan fingerprint density at radius 1 is 0.636 bits per heavy atom. The Bertz CT molecular complexity index is 517. The number of hydrogen-bond donors (Lipinski definition) is 1. The predicted molar refractivity (Wildman–Crippen MR) is 94.8 cm³/mol. The molecule has 3 nitrogen and oxygen atoms in total. The summed E-state index contributed by atoms with van der Waals surface area (Å²) in [5.41, 5.74) is -1.05. The molecule has 0 aliphatic rings. The highest BCUT2D eigenvalue weighted by Crippen LogP contribution is 2.45. The first kappa shape index (κ1) is 19.0. The van der Waals surface area contributed by atoms with Gasteiger partial charge in [0.2, 0.25) is 5.75 Å². The molecule has 0 aliphatic heterocycles. The first-order valence-electron chi connectivity index (χ1n) is 7.61. The highest BCUT2D eigenvalue weighted by molar-refractivity contribution is 7.80. The van der Waals surface area contributed by atoms with Gasteiger partial charge < -0.3 is 14.2 Å². The number of thiol groups is 1. The minimum absolute atomic E-state index is 0.326. The molecule has 0 saturated heterocycles. The lowest BCUT2D eigenvalue weighted by Crippen LogP contribution is -2.28. The van der Waals surface area contributed by atoms with Gasteiger partial charge in [0.1, 0.15) is 16.8 Å². The third-order valence-corrected chi connectivity index (χ3v) is 2.64. The lowest BCUT2D eigenvalue weighted by molar-refractivity contribution is 0.0755. The van der Waals surface area contributed by atoms with Gasteiger partial charge in [0.25, 0.3) is 0 Å². The van der Waals surface area contributed by atoms with E-state index in [-0.39, 0.29) is 16.8 Å². The van der Waals surface area contributed by atoms with Crippen LogP contribution in [-0.4, -0.2) is 16.8 Å². The van der Waals surface area contributed by atoms with Crippen LogP contribution in [0.2, 0.25) is 0 Å². The van der Waals surface area contributed by atoms with Crippen molar-refractivity contribution >= 4 is 12.6 Å². The molecule has 1 rings (SSSR count). The lowest BCUT2D eigenvalue weighted by atomic mass is 10.1. The molecule has 1 aromatic carbocycles. The van der Waals surface area contributed by atoms with Gasteiger partial charge in [-0.05, 0) is 74.4 Å². The molecule has 0 fully saturated rings. The second-order valence-corrected chi connectivity index (χ2v) is 8.87. The summed E-state index contributed by atoms with van der Waals surface area (Å²) in [5, 5.41) is 0. The van der Waals surface area contributed by atoms with E-state index >= 15 is 0 Å². The first-order valence-corrected chi connectivity index (χ1v) is 8.06. The quantitative estimate of drug-likeness (QED) is 0.742. The zero-order valence-electron chi connectivity index (χ0n) is 15.3. The summed E-state index contributed by atoms with van der Waals surface area (Å²) in [7, 11) is 0. The summed E-state index contributed by atoms with van der Waals surface area (Å²) in [6.07, 6.45) is 0. The Hall–Kier alpha value is -1.03. The van der Waals surface area contributed by atoms with Gasteiger partial charge in [-0.25, -0.2) is 0 Å². The van der Waals surface area contributed by atoms with Gasteiger partial charge >= 0.3 is 0 Å². The molecule has 0 amide bonds. The summed E-state index contributed by atoms with van der Waals surface area (Å²) >= 11 is 4.53. The van der Waals surface area contributed by atoms with Crippen molar-refractivity contribution in [3.63, 3.8) is 0 Å². The smallest absolute Gasteiger partial charge is 0.205 e. The van der Waals surface area contributed by atoms with Crippen LogP contribution in [0.5, 0.6) is 17.2 Å². The molecule has 1 aromatic rings. The lowest BCUT2D eigenvalue weighted by Gasteiger charge is -2.31. The van der Waals surface area contributed by atoms with E-state index in [4.69, 9.17) is 14.2 Å². The molecular formula is C18H30O3S. The van der Waals surface area contributed by atoms with Crippen molar-refractivity contribution in [1.82, 2.24) is 0 Å². The molecule has 0 aromatic heterocycles. The van der Waals surface area contributed by atoms with E-state index in [0.29, 0.717) is 17.2 Å². The highest BCUT2D eigenvalue weighted by atomic mass is 32.1. The third-order valence-electron chi connectivity index (χ3n) is 2.29. The summed E-state index contributed by atoms with van der Waals surface area (Å²) in [4.78, 5) is 0.732. The molecule has 0 saturated carbocycles. The fraction of sp³-hybridized carbons (Fsp3) is 0.667. The van der Waals surface area contributed by atoms with Crippen LogP contribution in [0.1, 0.15) is 62.3 Å². The monoisotopic (exact) mass is 326 g/mol. The van der Waals surface area contributed by atoms with E-state index in [1.54, 1.807) is 0 Å². The maximum Gasteiger partial charge on any atom is 0.205 e. The Morgan fingerprint density at radius 3 is 1.45 bits per heavy atom. The molecule has 0 atom stereocenters. The summed E-state index contributed by atoms with van der Waals surface area (Å²) in [6.45, 7) is 18.0. The van der Waals surface area contributed by atoms with E-state index < -0.39 is 0 Å². The van der Waals surface area contributed by atoms with E-state index in [1.807, 2.05) is 74.4 Å². The molecule has 0 aliphatic carbocycles. The topological polar surface area (TPSA) is 27.7 Å². The van der Waals surface area contributed by atoms with Crippen molar-refractivity contribution in [2.45, 2.75) is 84.0 Å². The van der Waals surface area contributed by atoms with Crippen molar-refractivity contribution in [3.05, 3.63) is 12.1 Å². The second-order valence-electron chi connectivity index (χ2n) is 8.38. The standard InChI is InChI=1S/C18H30O3S/c1-16(2,3)19-12-10-11-13(22)15(21-18(7,8)9)14(12)20-17(4,5)6/h10-11,22H,1-9H3. The van der Waals surface area contributed by atoms with E-state index in [9.17, 15) is 0 Å². The van der Waals surface area contributed by atoms with Gasteiger partial charge in [-0.2, -0.15) is 0 Å². The molecule has 0 spiro atoms. The third kappa shape index (κ3) is 6.39. The van der Waals surface area contributed by atoms with E-state index in [2.05, 4.69) is 12.6 Å². The van der Waals surface area contributed by atoms with Crippen molar-refractivity contribution < 1.29 is 14.2 Å². The normalized spacial score (nSPS) is 13.0. The molecule has 0 radical (unpaired) electrons. The molecular weight excluding hydrogens is 296 g/mol.